The Morgan fingerprint density at radius 3 is 2.21 bits per heavy atom. The topological polar surface area (TPSA) is 71.1 Å². The molecule has 1 aliphatic rings. The van der Waals surface area contributed by atoms with Gasteiger partial charge in [-0.3, -0.25) is 9.59 Å². The summed E-state index contributed by atoms with van der Waals surface area (Å²) in [6.45, 7) is 4.25. The highest BCUT2D eigenvalue weighted by Gasteiger charge is 2.40. The van der Waals surface area contributed by atoms with E-state index >= 15 is 0 Å². The van der Waals surface area contributed by atoms with Gasteiger partial charge < -0.3 is 18.9 Å². The minimum atomic E-state index is -0.752. The Hall–Kier alpha value is -3.48. The Bertz CT molecular complexity index is 1220. The van der Waals surface area contributed by atoms with E-state index in [1.807, 2.05) is 62.4 Å². The first-order valence-electron chi connectivity index (χ1n) is 13.1. The number of carbonyl (C=O) groups excluding carboxylic acids is 2. The quantitative estimate of drug-likeness (QED) is 0.335. The van der Waals surface area contributed by atoms with Gasteiger partial charge in [-0.2, -0.15) is 0 Å². The molecule has 1 saturated heterocycles. The van der Waals surface area contributed by atoms with Gasteiger partial charge in [0.1, 0.15) is 12.5 Å². The standard InChI is InChI=1S/C32H36O6/c1-32(2)37-22-28(31(34)36-21-24-9-5-4-6-10-24)29(38-32)16-15-23-11-7-12-25(17-23)18-26-13-8-14-27(19-26)20-30(33)35-3/h4-14,17,19,28-29H,15-16,18,20-22H2,1-3H3/t28-,29-/m1/s1. The number of carbonyl (C=O) groups is 2. The zero-order valence-electron chi connectivity index (χ0n) is 22.4. The van der Waals surface area contributed by atoms with E-state index in [2.05, 4.69) is 30.3 Å². The monoisotopic (exact) mass is 516 g/mol. The van der Waals surface area contributed by atoms with Crippen molar-refractivity contribution in [2.45, 2.75) is 58.0 Å². The lowest BCUT2D eigenvalue weighted by Gasteiger charge is -2.40. The first kappa shape index (κ1) is 27.6. The first-order valence-corrected chi connectivity index (χ1v) is 13.1. The second-order valence-corrected chi connectivity index (χ2v) is 10.2. The maximum atomic E-state index is 13.0. The predicted molar refractivity (Wildman–Crippen MR) is 144 cm³/mol. The molecule has 2 atom stereocenters. The van der Waals surface area contributed by atoms with Crippen LogP contribution in [0.15, 0.2) is 78.9 Å². The Morgan fingerprint density at radius 2 is 1.50 bits per heavy atom. The van der Waals surface area contributed by atoms with Crippen LogP contribution in [0.2, 0.25) is 0 Å². The van der Waals surface area contributed by atoms with Gasteiger partial charge in [0.2, 0.25) is 0 Å². The van der Waals surface area contributed by atoms with Gasteiger partial charge in [-0.25, -0.2) is 0 Å². The van der Waals surface area contributed by atoms with Crippen molar-refractivity contribution in [3.05, 3.63) is 107 Å². The molecule has 6 nitrogen and oxygen atoms in total. The maximum Gasteiger partial charge on any atom is 0.314 e. The van der Waals surface area contributed by atoms with E-state index in [0.717, 1.165) is 29.5 Å². The summed E-state index contributed by atoms with van der Waals surface area (Å²) >= 11 is 0. The van der Waals surface area contributed by atoms with Crippen LogP contribution in [0.25, 0.3) is 0 Å². The average molecular weight is 517 g/mol. The van der Waals surface area contributed by atoms with Gasteiger partial charge in [0, 0.05) is 0 Å². The predicted octanol–water partition coefficient (Wildman–Crippen LogP) is 5.44. The fourth-order valence-electron chi connectivity index (χ4n) is 4.72. The number of hydrogen-bond acceptors (Lipinski definition) is 6. The van der Waals surface area contributed by atoms with Crippen molar-refractivity contribution in [3.63, 3.8) is 0 Å². The van der Waals surface area contributed by atoms with Crippen LogP contribution in [0, 0.1) is 5.92 Å². The molecule has 1 heterocycles. The molecule has 6 heteroatoms. The average Bonchev–Trinajstić information content (AvgIpc) is 2.91. The number of rotatable bonds is 10. The summed E-state index contributed by atoms with van der Waals surface area (Å²) in [5.74, 6) is -1.77. The normalized spacial score (nSPS) is 18.5. The van der Waals surface area contributed by atoms with Gasteiger partial charge in [-0.1, -0.05) is 78.9 Å². The van der Waals surface area contributed by atoms with Gasteiger partial charge in [0.15, 0.2) is 5.79 Å². The van der Waals surface area contributed by atoms with E-state index in [-0.39, 0.29) is 37.7 Å². The Labute approximate surface area is 224 Å². The summed E-state index contributed by atoms with van der Waals surface area (Å²) in [6, 6.07) is 26.1. The van der Waals surface area contributed by atoms with Crippen molar-refractivity contribution >= 4 is 11.9 Å². The number of aryl methyl sites for hydroxylation is 1. The SMILES string of the molecule is COC(=O)Cc1cccc(Cc2cccc(CC[C@H]3OC(C)(C)OC[C@H]3C(=O)OCc3ccccc3)c2)c1. The zero-order chi connectivity index (χ0) is 27.0. The van der Waals surface area contributed by atoms with E-state index in [1.54, 1.807) is 0 Å². The Morgan fingerprint density at radius 1 is 0.868 bits per heavy atom. The van der Waals surface area contributed by atoms with Crippen LogP contribution in [-0.4, -0.2) is 37.5 Å². The minimum absolute atomic E-state index is 0.231. The van der Waals surface area contributed by atoms with Crippen LogP contribution in [0.5, 0.6) is 0 Å². The van der Waals surface area contributed by atoms with E-state index in [0.29, 0.717) is 6.42 Å². The van der Waals surface area contributed by atoms with Crippen molar-refractivity contribution in [1.82, 2.24) is 0 Å². The van der Waals surface area contributed by atoms with E-state index in [9.17, 15) is 9.59 Å². The van der Waals surface area contributed by atoms with Gasteiger partial charge in [0.05, 0.1) is 26.2 Å². The molecule has 0 unspecified atom stereocenters. The largest absolute Gasteiger partial charge is 0.469 e. The lowest BCUT2D eigenvalue weighted by atomic mass is 9.94. The molecular weight excluding hydrogens is 480 g/mol. The fraction of sp³-hybridized carbons (Fsp3) is 0.375. The van der Waals surface area contributed by atoms with Crippen LogP contribution in [0.3, 0.4) is 0 Å². The molecule has 0 bridgehead atoms. The fourth-order valence-corrected chi connectivity index (χ4v) is 4.72. The summed E-state index contributed by atoms with van der Waals surface area (Å²) in [7, 11) is 1.40. The Balaban J connectivity index is 1.38. The van der Waals surface area contributed by atoms with Crippen molar-refractivity contribution < 1.29 is 28.5 Å². The van der Waals surface area contributed by atoms with Crippen LogP contribution < -0.4 is 0 Å². The van der Waals surface area contributed by atoms with Crippen LogP contribution in [0.4, 0.5) is 0 Å². The highest BCUT2D eigenvalue weighted by atomic mass is 16.7. The molecular formula is C32H36O6. The molecule has 0 aromatic heterocycles. The number of methoxy groups -OCH3 is 1. The van der Waals surface area contributed by atoms with E-state index < -0.39 is 11.7 Å². The lowest BCUT2D eigenvalue weighted by molar-refractivity contribution is -0.292. The zero-order valence-corrected chi connectivity index (χ0v) is 22.4. The van der Waals surface area contributed by atoms with Gasteiger partial charge in [-0.05, 0) is 60.9 Å². The molecule has 0 amide bonds. The summed E-state index contributed by atoms with van der Waals surface area (Å²) in [6.07, 6.45) is 2.16. The van der Waals surface area contributed by atoms with Gasteiger partial charge >= 0.3 is 11.9 Å². The third kappa shape index (κ3) is 8.01. The third-order valence-electron chi connectivity index (χ3n) is 6.71. The molecule has 0 N–H and O–H groups in total. The lowest BCUT2D eigenvalue weighted by Crippen LogP contribution is -2.49. The molecule has 0 saturated carbocycles. The number of hydrogen-bond donors (Lipinski definition) is 0. The van der Waals surface area contributed by atoms with Crippen LogP contribution >= 0.6 is 0 Å². The van der Waals surface area contributed by atoms with Crippen LogP contribution in [0.1, 0.15) is 48.1 Å². The number of benzene rings is 3. The molecule has 0 spiro atoms. The number of ether oxygens (including phenoxy) is 4. The maximum absolute atomic E-state index is 13.0. The molecule has 1 aliphatic heterocycles. The first-order chi connectivity index (χ1) is 18.3. The molecule has 0 aliphatic carbocycles. The van der Waals surface area contributed by atoms with Crippen molar-refractivity contribution in [3.8, 4) is 0 Å². The van der Waals surface area contributed by atoms with Crippen LogP contribution in [-0.2, 0) is 54.4 Å². The highest BCUT2D eigenvalue weighted by molar-refractivity contribution is 5.73. The van der Waals surface area contributed by atoms with Crippen molar-refractivity contribution in [2.24, 2.45) is 5.92 Å². The Kier molecular flexibility index (Phi) is 9.32. The summed E-state index contributed by atoms with van der Waals surface area (Å²) < 4.78 is 22.4. The highest BCUT2D eigenvalue weighted by Crippen LogP contribution is 2.30. The van der Waals surface area contributed by atoms with Gasteiger partial charge in [-0.15, -0.1) is 0 Å². The van der Waals surface area contributed by atoms with Gasteiger partial charge in [0.25, 0.3) is 0 Å². The molecule has 0 radical (unpaired) electrons. The second kappa shape index (κ2) is 12.9. The molecule has 38 heavy (non-hydrogen) atoms. The summed E-state index contributed by atoms with van der Waals surface area (Å²) in [5.41, 5.74) is 5.39. The van der Waals surface area contributed by atoms with Crippen molar-refractivity contribution in [2.75, 3.05) is 13.7 Å². The van der Waals surface area contributed by atoms with E-state index in [4.69, 9.17) is 18.9 Å². The number of esters is 2. The summed E-state index contributed by atoms with van der Waals surface area (Å²) in [4.78, 5) is 24.6. The molecule has 3 aromatic carbocycles. The molecule has 200 valence electrons. The smallest absolute Gasteiger partial charge is 0.314 e. The molecule has 1 fully saturated rings. The molecule has 4 rings (SSSR count). The molecule has 3 aromatic rings. The second-order valence-electron chi connectivity index (χ2n) is 10.2. The van der Waals surface area contributed by atoms with Crippen molar-refractivity contribution in [1.29, 1.82) is 0 Å². The third-order valence-corrected chi connectivity index (χ3v) is 6.71. The minimum Gasteiger partial charge on any atom is -0.469 e. The van der Waals surface area contributed by atoms with E-state index in [1.165, 1.54) is 18.2 Å². The summed E-state index contributed by atoms with van der Waals surface area (Å²) in [5, 5.41) is 0.